The first-order chi connectivity index (χ1) is 9.11. The number of hydrogen-bond acceptors (Lipinski definition) is 3. The van der Waals surface area contributed by atoms with Gasteiger partial charge in [-0.3, -0.25) is 0 Å². The molecule has 0 fully saturated rings. The molecule has 5 heteroatoms. The fourth-order valence-corrected chi connectivity index (χ4v) is 3.68. The van der Waals surface area contributed by atoms with Crippen molar-refractivity contribution in [2.45, 2.75) is 18.7 Å². The summed E-state index contributed by atoms with van der Waals surface area (Å²) in [7, 11) is -3.48. The van der Waals surface area contributed by atoms with Gasteiger partial charge in [-0.05, 0) is 24.3 Å². The molecule has 0 saturated carbocycles. The average molecular weight is 279 g/mol. The van der Waals surface area contributed by atoms with Crippen molar-refractivity contribution in [1.82, 2.24) is 4.31 Å². The molecule has 2 aromatic rings. The SMILES string of the molecule is CCN(CC)S(=O)(=O)c1ccccc1-c1ccco1. The summed E-state index contributed by atoms with van der Waals surface area (Å²) in [5.41, 5.74) is 0.597. The highest BCUT2D eigenvalue weighted by Gasteiger charge is 2.25. The molecule has 0 atom stereocenters. The van der Waals surface area contributed by atoms with Gasteiger partial charge in [0.2, 0.25) is 10.0 Å². The number of nitrogens with zero attached hydrogens (tertiary/aromatic N) is 1. The van der Waals surface area contributed by atoms with Crippen LogP contribution in [0.4, 0.5) is 0 Å². The van der Waals surface area contributed by atoms with Crippen LogP contribution in [0.1, 0.15) is 13.8 Å². The largest absolute Gasteiger partial charge is 0.464 e. The summed E-state index contributed by atoms with van der Waals surface area (Å²) < 4.78 is 31.9. The van der Waals surface area contributed by atoms with Crippen LogP contribution in [0.2, 0.25) is 0 Å². The molecule has 1 aromatic heterocycles. The van der Waals surface area contributed by atoms with Crippen LogP contribution in [0.5, 0.6) is 0 Å². The van der Waals surface area contributed by atoms with Gasteiger partial charge in [0.15, 0.2) is 0 Å². The second-order valence-corrected chi connectivity index (χ2v) is 5.97. The first-order valence-corrected chi connectivity index (χ1v) is 7.68. The first kappa shape index (κ1) is 13.8. The van der Waals surface area contributed by atoms with Gasteiger partial charge in [-0.2, -0.15) is 4.31 Å². The average Bonchev–Trinajstić information content (AvgIpc) is 2.93. The number of sulfonamides is 1. The van der Waals surface area contributed by atoms with Gasteiger partial charge in [0.1, 0.15) is 5.76 Å². The van der Waals surface area contributed by atoms with E-state index in [1.54, 1.807) is 36.4 Å². The molecule has 0 spiro atoms. The molecule has 1 aromatic carbocycles. The molecule has 4 nitrogen and oxygen atoms in total. The highest BCUT2D eigenvalue weighted by Crippen LogP contribution is 2.29. The molecule has 0 radical (unpaired) electrons. The smallest absolute Gasteiger partial charge is 0.243 e. The monoisotopic (exact) mass is 279 g/mol. The zero-order valence-corrected chi connectivity index (χ0v) is 11.9. The lowest BCUT2D eigenvalue weighted by molar-refractivity contribution is 0.445. The summed E-state index contributed by atoms with van der Waals surface area (Å²) in [4.78, 5) is 0.286. The Morgan fingerprint density at radius 1 is 1.05 bits per heavy atom. The van der Waals surface area contributed by atoms with Gasteiger partial charge in [0.05, 0.1) is 11.2 Å². The number of rotatable bonds is 5. The first-order valence-electron chi connectivity index (χ1n) is 6.24. The molecule has 19 heavy (non-hydrogen) atoms. The topological polar surface area (TPSA) is 50.5 Å². The van der Waals surface area contributed by atoms with Crippen LogP contribution >= 0.6 is 0 Å². The molecule has 0 bridgehead atoms. The highest BCUT2D eigenvalue weighted by atomic mass is 32.2. The van der Waals surface area contributed by atoms with Crippen LogP contribution in [0, 0.1) is 0 Å². The predicted octanol–water partition coefficient (Wildman–Crippen LogP) is 2.98. The van der Waals surface area contributed by atoms with Crippen molar-refractivity contribution in [3.8, 4) is 11.3 Å². The van der Waals surface area contributed by atoms with Crippen LogP contribution in [-0.4, -0.2) is 25.8 Å². The number of hydrogen-bond donors (Lipinski definition) is 0. The zero-order valence-electron chi connectivity index (χ0n) is 11.0. The van der Waals surface area contributed by atoms with Crippen LogP contribution in [0.15, 0.2) is 52.0 Å². The molecule has 0 N–H and O–H groups in total. The number of furan rings is 1. The molecule has 102 valence electrons. The second kappa shape index (κ2) is 5.59. The van der Waals surface area contributed by atoms with Gasteiger partial charge in [-0.25, -0.2) is 8.42 Å². The Bertz CT molecular complexity index is 628. The van der Waals surface area contributed by atoms with E-state index in [2.05, 4.69) is 0 Å². The van der Waals surface area contributed by atoms with Crippen LogP contribution in [0.25, 0.3) is 11.3 Å². The Labute approximate surface area is 113 Å². The summed E-state index contributed by atoms with van der Waals surface area (Å²) in [5, 5.41) is 0. The van der Waals surface area contributed by atoms with Crippen molar-refractivity contribution in [1.29, 1.82) is 0 Å². The predicted molar refractivity (Wildman–Crippen MR) is 74.3 cm³/mol. The maximum atomic E-state index is 12.6. The maximum absolute atomic E-state index is 12.6. The van der Waals surface area contributed by atoms with E-state index < -0.39 is 10.0 Å². The lowest BCUT2D eigenvalue weighted by atomic mass is 10.2. The van der Waals surface area contributed by atoms with Gasteiger partial charge in [-0.1, -0.05) is 26.0 Å². The summed E-state index contributed by atoms with van der Waals surface area (Å²) in [5.74, 6) is 0.561. The fraction of sp³-hybridized carbons (Fsp3) is 0.286. The summed E-state index contributed by atoms with van der Waals surface area (Å²) in [6, 6.07) is 10.4. The molecule has 2 rings (SSSR count). The van der Waals surface area contributed by atoms with E-state index in [1.165, 1.54) is 10.6 Å². The van der Waals surface area contributed by atoms with Gasteiger partial charge >= 0.3 is 0 Å². The molecule has 0 amide bonds. The second-order valence-electron chi connectivity index (χ2n) is 4.06. The molecular formula is C14H17NO3S. The van der Waals surface area contributed by atoms with Crippen LogP contribution in [-0.2, 0) is 10.0 Å². The lowest BCUT2D eigenvalue weighted by Crippen LogP contribution is -2.30. The third kappa shape index (κ3) is 2.57. The fourth-order valence-electron chi connectivity index (χ4n) is 2.03. The molecule has 0 saturated heterocycles. The Kier molecular flexibility index (Phi) is 4.07. The van der Waals surface area contributed by atoms with E-state index in [-0.39, 0.29) is 4.90 Å². The Morgan fingerprint density at radius 2 is 1.74 bits per heavy atom. The summed E-state index contributed by atoms with van der Waals surface area (Å²) in [6.45, 7) is 4.56. The molecule has 0 unspecified atom stereocenters. The van der Waals surface area contributed by atoms with Crippen molar-refractivity contribution in [2.75, 3.05) is 13.1 Å². The minimum Gasteiger partial charge on any atom is -0.464 e. The third-order valence-corrected chi connectivity index (χ3v) is 5.10. The van der Waals surface area contributed by atoms with Crippen molar-refractivity contribution in [3.05, 3.63) is 42.7 Å². The van der Waals surface area contributed by atoms with Gasteiger partial charge in [0.25, 0.3) is 0 Å². The highest BCUT2D eigenvalue weighted by molar-refractivity contribution is 7.89. The standard InChI is InChI=1S/C14H17NO3S/c1-3-15(4-2)19(16,17)14-10-6-5-8-12(14)13-9-7-11-18-13/h5-11H,3-4H2,1-2H3. The van der Waals surface area contributed by atoms with Crippen LogP contribution in [0.3, 0.4) is 0 Å². The third-order valence-electron chi connectivity index (χ3n) is 3.00. The maximum Gasteiger partial charge on any atom is 0.243 e. The number of benzene rings is 1. The minimum absolute atomic E-state index is 0.286. The van der Waals surface area contributed by atoms with E-state index in [4.69, 9.17) is 4.42 Å². The summed E-state index contributed by atoms with van der Waals surface area (Å²) in [6.07, 6.45) is 1.54. The zero-order chi connectivity index (χ0) is 13.9. The van der Waals surface area contributed by atoms with E-state index in [1.807, 2.05) is 13.8 Å². The van der Waals surface area contributed by atoms with E-state index in [0.717, 1.165) is 0 Å². The van der Waals surface area contributed by atoms with Crippen molar-refractivity contribution in [3.63, 3.8) is 0 Å². The van der Waals surface area contributed by atoms with E-state index >= 15 is 0 Å². The Morgan fingerprint density at radius 3 is 2.32 bits per heavy atom. The molecule has 0 aliphatic heterocycles. The lowest BCUT2D eigenvalue weighted by Gasteiger charge is -2.19. The van der Waals surface area contributed by atoms with Crippen molar-refractivity contribution >= 4 is 10.0 Å². The Hall–Kier alpha value is -1.59. The quantitative estimate of drug-likeness (QED) is 0.845. The van der Waals surface area contributed by atoms with Gasteiger partial charge in [0, 0.05) is 18.7 Å². The van der Waals surface area contributed by atoms with E-state index in [9.17, 15) is 8.42 Å². The van der Waals surface area contributed by atoms with E-state index in [0.29, 0.717) is 24.4 Å². The van der Waals surface area contributed by atoms with Gasteiger partial charge in [-0.15, -0.1) is 0 Å². The van der Waals surface area contributed by atoms with Gasteiger partial charge < -0.3 is 4.42 Å². The summed E-state index contributed by atoms with van der Waals surface area (Å²) >= 11 is 0. The van der Waals surface area contributed by atoms with Crippen molar-refractivity contribution < 1.29 is 12.8 Å². The minimum atomic E-state index is -3.48. The van der Waals surface area contributed by atoms with Crippen molar-refractivity contribution in [2.24, 2.45) is 0 Å². The van der Waals surface area contributed by atoms with Crippen LogP contribution < -0.4 is 0 Å². The Balaban J connectivity index is 2.58. The molecule has 0 aliphatic rings. The normalized spacial score (nSPS) is 11.9. The molecule has 1 heterocycles. The molecule has 0 aliphatic carbocycles. The molecular weight excluding hydrogens is 262 g/mol.